The number of carbonyl (C=O) groups excluding carboxylic acids is 2. The second-order valence-electron chi connectivity index (χ2n) is 8.76. The summed E-state index contributed by atoms with van der Waals surface area (Å²) in [5.74, 6) is -3.44. The van der Waals surface area contributed by atoms with Crippen molar-refractivity contribution in [2.75, 3.05) is 26.2 Å². The number of phosphoric ester groups is 1. The molecular formula is C25H29F3N5O10P. The summed E-state index contributed by atoms with van der Waals surface area (Å²) in [6.45, 7) is 1.76. The molecule has 15 nitrogen and oxygen atoms in total. The first-order valence-electron chi connectivity index (χ1n) is 12.5. The molecule has 0 atom stereocenters. The fourth-order valence-electron chi connectivity index (χ4n) is 3.44. The Hall–Kier alpha value is -4.48. The van der Waals surface area contributed by atoms with Gasteiger partial charge in [-0.05, 0) is 49.2 Å². The number of hydrogen-bond donors (Lipinski definition) is 8. The molecular weight excluding hydrogens is 618 g/mol. The van der Waals surface area contributed by atoms with Crippen LogP contribution in [0.5, 0.6) is 5.75 Å². The zero-order valence-electron chi connectivity index (χ0n) is 22.7. The molecule has 2 aromatic rings. The highest BCUT2D eigenvalue weighted by Gasteiger charge is 2.38. The van der Waals surface area contributed by atoms with Crippen molar-refractivity contribution in [1.29, 1.82) is 5.41 Å². The molecule has 1 aliphatic rings. The van der Waals surface area contributed by atoms with Crippen molar-refractivity contribution in [2.24, 2.45) is 0 Å². The van der Waals surface area contributed by atoms with Crippen LogP contribution in [-0.4, -0.2) is 81.1 Å². The predicted molar refractivity (Wildman–Crippen MR) is 147 cm³/mol. The van der Waals surface area contributed by atoms with E-state index in [0.717, 1.165) is 32.2 Å². The first-order chi connectivity index (χ1) is 20.6. The van der Waals surface area contributed by atoms with Gasteiger partial charge in [0.25, 0.3) is 11.8 Å². The van der Waals surface area contributed by atoms with E-state index in [1.807, 2.05) is 5.01 Å². The normalized spacial score (nSPS) is 13.4. The number of amides is 2. The van der Waals surface area contributed by atoms with E-state index in [4.69, 9.17) is 35.0 Å². The third-order valence-corrected chi connectivity index (χ3v) is 5.92. The number of hydrogen-bond acceptors (Lipinski definition) is 9. The van der Waals surface area contributed by atoms with Gasteiger partial charge in [-0.3, -0.25) is 40.9 Å². The first kappa shape index (κ1) is 35.7. The highest BCUT2D eigenvalue weighted by molar-refractivity contribution is 7.46. The summed E-state index contributed by atoms with van der Waals surface area (Å²) in [6.07, 6.45) is -0.925. The molecule has 3 rings (SSSR count). The molecule has 19 heteroatoms. The number of alkyl halides is 3. The summed E-state index contributed by atoms with van der Waals surface area (Å²) in [4.78, 5) is 51.3. The van der Waals surface area contributed by atoms with Crippen molar-refractivity contribution in [3.05, 3.63) is 71.0 Å². The first-order valence-corrected chi connectivity index (χ1v) is 14.0. The van der Waals surface area contributed by atoms with Gasteiger partial charge in [-0.25, -0.2) is 14.4 Å². The van der Waals surface area contributed by atoms with Gasteiger partial charge in [0.15, 0.2) is 0 Å². The molecule has 1 aliphatic heterocycles. The molecule has 0 saturated carbocycles. The number of carboxylic acid groups (broad SMARTS) is 1. The van der Waals surface area contributed by atoms with Crippen LogP contribution >= 0.6 is 7.82 Å². The Balaban J connectivity index is 0.000000860. The van der Waals surface area contributed by atoms with E-state index in [1.54, 1.807) is 29.7 Å². The van der Waals surface area contributed by atoms with Gasteiger partial charge < -0.3 is 19.7 Å². The van der Waals surface area contributed by atoms with E-state index < -0.39 is 20.0 Å². The third-order valence-electron chi connectivity index (χ3n) is 5.52. The van der Waals surface area contributed by atoms with Crippen molar-refractivity contribution in [2.45, 2.75) is 19.0 Å². The van der Waals surface area contributed by atoms with Gasteiger partial charge in [0.1, 0.15) is 18.2 Å². The molecule has 2 aromatic carbocycles. The largest absolute Gasteiger partial charge is 0.524 e. The van der Waals surface area contributed by atoms with Crippen LogP contribution in [0.15, 0.2) is 48.7 Å². The second kappa shape index (κ2) is 16.4. The molecule has 8 N–H and O–H groups in total. The summed E-state index contributed by atoms with van der Waals surface area (Å²) in [5.41, 5.74) is 6.01. The number of ether oxygens (including phenoxy) is 1. The molecule has 2 amide bonds. The van der Waals surface area contributed by atoms with E-state index in [1.165, 1.54) is 24.3 Å². The summed E-state index contributed by atoms with van der Waals surface area (Å²) in [7, 11) is -4.71. The number of amidine groups is 1. The van der Waals surface area contributed by atoms with Crippen molar-refractivity contribution in [3.63, 3.8) is 0 Å². The number of halogens is 3. The maximum atomic E-state index is 12.5. The zero-order valence-corrected chi connectivity index (χ0v) is 23.6. The predicted octanol–water partition coefficient (Wildman–Crippen LogP) is 2.25. The van der Waals surface area contributed by atoms with Crippen molar-refractivity contribution in [1.82, 2.24) is 21.2 Å². The smallest absolute Gasteiger partial charge is 0.491 e. The highest BCUT2D eigenvalue weighted by atomic mass is 31.2. The van der Waals surface area contributed by atoms with Crippen LogP contribution in [0.25, 0.3) is 6.08 Å². The number of phosphoric acid groups is 1. The third kappa shape index (κ3) is 12.4. The van der Waals surface area contributed by atoms with Gasteiger partial charge in [0, 0.05) is 35.3 Å². The van der Waals surface area contributed by atoms with Gasteiger partial charge in [-0.15, -0.1) is 0 Å². The van der Waals surface area contributed by atoms with Gasteiger partial charge in [0.2, 0.25) is 0 Å². The second-order valence-corrected chi connectivity index (χ2v) is 9.95. The van der Waals surface area contributed by atoms with Crippen LogP contribution in [0.3, 0.4) is 0 Å². The molecule has 0 aliphatic carbocycles. The molecule has 0 aromatic heterocycles. The van der Waals surface area contributed by atoms with Crippen LogP contribution in [0, 0.1) is 5.41 Å². The number of benzene rings is 2. The Morgan fingerprint density at radius 2 is 1.55 bits per heavy atom. The lowest BCUT2D eigenvalue weighted by molar-refractivity contribution is -0.192. The van der Waals surface area contributed by atoms with Gasteiger partial charge in [-0.2, -0.15) is 13.2 Å². The topological polar surface area (TPSA) is 231 Å². The zero-order chi connectivity index (χ0) is 32.9. The lowest BCUT2D eigenvalue weighted by atomic mass is 10.1. The molecule has 0 unspecified atom stereocenters. The Labute approximate surface area is 247 Å². The minimum atomic E-state index is -5.08. The number of hydroxylamine groups is 1. The molecule has 0 spiro atoms. The van der Waals surface area contributed by atoms with Gasteiger partial charge >= 0.3 is 20.0 Å². The van der Waals surface area contributed by atoms with Crippen LogP contribution in [-0.2, 0) is 13.9 Å². The lowest BCUT2D eigenvalue weighted by Crippen LogP contribution is -2.40. The maximum Gasteiger partial charge on any atom is 0.524 e. The molecule has 0 radical (unpaired) electrons. The van der Waals surface area contributed by atoms with Crippen molar-refractivity contribution in [3.8, 4) is 5.75 Å². The average Bonchev–Trinajstić information content (AvgIpc) is 3.47. The summed E-state index contributed by atoms with van der Waals surface area (Å²) in [6, 6.07) is 10.7. The van der Waals surface area contributed by atoms with E-state index in [-0.39, 0.29) is 42.1 Å². The summed E-state index contributed by atoms with van der Waals surface area (Å²) in [5, 5.41) is 28.3. The fourth-order valence-corrected chi connectivity index (χ4v) is 3.66. The molecule has 44 heavy (non-hydrogen) atoms. The molecule has 1 heterocycles. The van der Waals surface area contributed by atoms with Crippen LogP contribution in [0.1, 0.15) is 44.7 Å². The number of nitrogens with zero attached hydrogens (tertiary/aromatic N) is 1. The van der Waals surface area contributed by atoms with E-state index in [9.17, 15) is 27.3 Å². The molecule has 1 fully saturated rings. The van der Waals surface area contributed by atoms with E-state index >= 15 is 0 Å². The SMILES string of the molecule is N=C(NO)c1ccc(C=COP(=O)(O)O)c(OCCNC(=O)c2ccc(C(=O)NN3CCCC3)cc2)c1.O=C(O)C(F)(F)F. The van der Waals surface area contributed by atoms with E-state index in [0.29, 0.717) is 16.7 Å². The monoisotopic (exact) mass is 647 g/mol. The summed E-state index contributed by atoms with van der Waals surface area (Å²) >= 11 is 0. The average molecular weight is 648 g/mol. The molecule has 240 valence electrons. The molecule has 1 saturated heterocycles. The number of rotatable bonds is 11. The number of hydrazine groups is 1. The van der Waals surface area contributed by atoms with Crippen LogP contribution in [0.2, 0.25) is 0 Å². The van der Waals surface area contributed by atoms with Crippen molar-refractivity contribution >= 4 is 37.5 Å². The quantitative estimate of drug-likeness (QED) is 0.0438. The Bertz CT molecular complexity index is 1390. The number of carbonyl (C=O) groups is 3. The number of aliphatic carboxylic acids is 1. The Morgan fingerprint density at radius 1 is 1.00 bits per heavy atom. The van der Waals surface area contributed by atoms with Gasteiger partial charge in [0.05, 0.1) is 12.8 Å². The Morgan fingerprint density at radius 3 is 2.07 bits per heavy atom. The van der Waals surface area contributed by atoms with E-state index in [2.05, 4.69) is 15.3 Å². The fraction of sp³-hybridized carbons (Fsp3) is 0.280. The van der Waals surface area contributed by atoms with Gasteiger partial charge in [-0.1, -0.05) is 12.1 Å². The lowest BCUT2D eigenvalue weighted by Gasteiger charge is -2.16. The molecule has 0 bridgehead atoms. The highest BCUT2D eigenvalue weighted by Crippen LogP contribution is 2.36. The van der Waals surface area contributed by atoms with Crippen molar-refractivity contribution < 1.29 is 61.5 Å². The number of carboxylic acids is 1. The number of nitrogens with one attached hydrogen (secondary N) is 4. The minimum absolute atomic E-state index is 0.0194. The summed E-state index contributed by atoms with van der Waals surface area (Å²) < 4.78 is 52.6. The minimum Gasteiger partial charge on any atom is -0.491 e. The maximum absolute atomic E-state index is 12.5. The Kier molecular flexibility index (Phi) is 13.3. The van der Waals surface area contributed by atoms with Crippen LogP contribution < -0.4 is 21.0 Å². The standard InChI is InChI=1S/C23H28N5O8P.C2HF3O2/c24-21(27-31)19-8-3-16(9-13-36-37(32,33)34)20(15-19)35-14-10-25-22(29)17-4-6-18(7-5-17)23(30)26-28-11-1-2-12-28;3-2(4,5)1(6)7/h3-9,13,15,31H,1-2,10-12,14H2,(H2,24,27)(H,25,29)(H,26,30)(H2,32,33,34);(H,6,7). The van der Waals surface area contributed by atoms with Crippen LogP contribution in [0.4, 0.5) is 13.2 Å².